The van der Waals surface area contributed by atoms with Crippen LogP contribution in [-0.4, -0.2) is 49.6 Å². The van der Waals surface area contributed by atoms with Crippen LogP contribution in [-0.2, 0) is 24.8 Å². The lowest BCUT2D eigenvalue weighted by Gasteiger charge is -2.41. The van der Waals surface area contributed by atoms with Crippen molar-refractivity contribution in [3.8, 4) is 0 Å². The molecule has 1 fully saturated rings. The van der Waals surface area contributed by atoms with Gasteiger partial charge in [-0.3, -0.25) is 9.59 Å². The lowest BCUT2D eigenvalue weighted by Crippen LogP contribution is -2.50. The largest absolute Gasteiger partial charge is 0.370 e. The number of ether oxygens (including phenoxy) is 1. The molecule has 0 bridgehead atoms. The van der Waals surface area contributed by atoms with Crippen molar-refractivity contribution in [2.75, 3.05) is 13.1 Å². The van der Waals surface area contributed by atoms with Gasteiger partial charge in [0.05, 0.1) is 30.6 Å². The van der Waals surface area contributed by atoms with Crippen LogP contribution in [0.3, 0.4) is 0 Å². The quantitative estimate of drug-likeness (QED) is 0.795. The number of carbonyl (C=O) groups is 1. The number of hydrogen-bond acceptors (Lipinski definition) is 5. The Labute approximate surface area is 151 Å². The average molecular weight is 357 g/mol. The molecule has 4 rings (SSSR count). The molecule has 0 radical (unpaired) electrons. The highest BCUT2D eigenvalue weighted by Crippen LogP contribution is 2.30. The Morgan fingerprint density at radius 3 is 3.00 bits per heavy atom. The molecule has 2 aromatic rings. The number of hydrogen-bond donors (Lipinski definition) is 0. The molecule has 1 amide bonds. The van der Waals surface area contributed by atoms with E-state index in [-0.39, 0.29) is 29.2 Å². The van der Waals surface area contributed by atoms with Gasteiger partial charge in [-0.05, 0) is 31.4 Å². The first-order chi connectivity index (χ1) is 12.5. The summed E-state index contributed by atoms with van der Waals surface area (Å²) in [5.74, 6) is -0.220. The first kappa shape index (κ1) is 17.0. The topological polar surface area (TPSA) is 82.2 Å². The first-order valence-corrected chi connectivity index (χ1v) is 9.00. The number of fused-ring (bicyclic) bond motifs is 3. The van der Waals surface area contributed by atoms with Crippen molar-refractivity contribution in [3.63, 3.8) is 0 Å². The summed E-state index contributed by atoms with van der Waals surface area (Å²) < 4.78 is 9.34. The summed E-state index contributed by atoms with van der Waals surface area (Å²) in [6, 6.07) is 1.67. The number of amides is 1. The normalized spacial score (nSPS) is 22.0. The molecule has 0 aliphatic carbocycles. The third-order valence-electron chi connectivity index (χ3n) is 5.54. The predicted molar refractivity (Wildman–Crippen MR) is 94.0 cm³/mol. The molecule has 0 spiro atoms. The highest BCUT2D eigenvalue weighted by molar-refractivity contribution is 5.94. The summed E-state index contributed by atoms with van der Waals surface area (Å²) in [4.78, 5) is 27.5. The summed E-state index contributed by atoms with van der Waals surface area (Å²) in [5.41, 5.74) is 2.84. The van der Waals surface area contributed by atoms with Gasteiger partial charge in [0, 0.05) is 25.8 Å². The standard InChI is InChI=1S/C18H23N5O3/c1-4-14-11(2)7-13(17(24)21(14)3)18(25)22-6-5-16-15(9-22)23-12(10-26-16)8-19-20-23/h7-8,15-16H,4-6,9-10H2,1-3H3/t15-,16-/m1/s1. The molecule has 2 aliphatic rings. The molecule has 2 atom stereocenters. The molecule has 1 saturated heterocycles. The van der Waals surface area contributed by atoms with Crippen molar-refractivity contribution in [2.24, 2.45) is 7.05 Å². The maximum atomic E-state index is 13.1. The molecule has 0 N–H and O–H groups in total. The van der Waals surface area contributed by atoms with Crippen LogP contribution < -0.4 is 5.56 Å². The van der Waals surface area contributed by atoms with Gasteiger partial charge in [-0.2, -0.15) is 0 Å². The average Bonchev–Trinajstić information content (AvgIpc) is 3.13. The maximum absolute atomic E-state index is 13.1. The van der Waals surface area contributed by atoms with Gasteiger partial charge in [0.15, 0.2) is 0 Å². The molecule has 0 aromatic carbocycles. The second-order valence-electron chi connectivity index (χ2n) is 7.03. The number of likely N-dealkylation sites (tertiary alicyclic amines) is 1. The van der Waals surface area contributed by atoms with Gasteiger partial charge in [-0.15, -0.1) is 5.10 Å². The number of aryl methyl sites for hydroxylation is 1. The zero-order valence-corrected chi connectivity index (χ0v) is 15.3. The Morgan fingerprint density at radius 1 is 1.42 bits per heavy atom. The van der Waals surface area contributed by atoms with Crippen LogP contribution >= 0.6 is 0 Å². The van der Waals surface area contributed by atoms with Crippen molar-refractivity contribution >= 4 is 5.91 Å². The van der Waals surface area contributed by atoms with E-state index in [2.05, 4.69) is 10.3 Å². The van der Waals surface area contributed by atoms with E-state index in [1.807, 2.05) is 18.5 Å². The van der Waals surface area contributed by atoms with Crippen LogP contribution in [0.25, 0.3) is 0 Å². The van der Waals surface area contributed by atoms with E-state index >= 15 is 0 Å². The molecule has 0 unspecified atom stereocenters. The summed E-state index contributed by atoms with van der Waals surface area (Å²) in [7, 11) is 1.73. The summed E-state index contributed by atoms with van der Waals surface area (Å²) >= 11 is 0. The molecule has 0 saturated carbocycles. The minimum absolute atomic E-state index is 0.0280. The number of piperidine rings is 1. The lowest BCUT2D eigenvalue weighted by atomic mass is 9.99. The molecular weight excluding hydrogens is 334 g/mol. The van der Waals surface area contributed by atoms with Crippen molar-refractivity contribution < 1.29 is 9.53 Å². The molecule has 2 aromatic heterocycles. The van der Waals surface area contributed by atoms with E-state index < -0.39 is 0 Å². The van der Waals surface area contributed by atoms with Crippen molar-refractivity contribution in [1.82, 2.24) is 24.5 Å². The number of pyridine rings is 1. The SMILES string of the molecule is CCc1c(C)cc(C(=O)N2CC[C@H]3OCc4cnnn4[C@@H]3C2)c(=O)n1C. The van der Waals surface area contributed by atoms with Gasteiger partial charge in [-0.25, -0.2) is 4.68 Å². The van der Waals surface area contributed by atoms with Crippen molar-refractivity contribution in [2.45, 2.75) is 45.4 Å². The van der Waals surface area contributed by atoms with Gasteiger partial charge in [0.25, 0.3) is 11.5 Å². The maximum Gasteiger partial charge on any atom is 0.263 e. The number of nitrogens with zero attached hydrogens (tertiary/aromatic N) is 5. The number of rotatable bonds is 2. The fourth-order valence-electron chi connectivity index (χ4n) is 4.13. The second kappa shape index (κ2) is 6.35. The Balaban J connectivity index is 1.64. The number of aromatic nitrogens is 4. The van der Waals surface area contributed by atoms with Crippen LogP contribution in [0.15, 0.2) is 17.1 Å². The van der Waals surface area contributed by atoms with Crippen LogP contribution in [0.4, 0.5) is 0 Å². The predicted octanol–water partition coefficient (Wildman–Crippen LogP) is 0.834. The number of carbonyl (C=O) groups excluding carboxylic acids is 1. The molecule has 2 aliphatic heterocycles. The molecule has 138 valence electrons. The molecular formula is C18H23N5O3. The summed E-state index contributed by atoms with van der Waals surface area (Å²) in [6.07, 6.45) is 3.20. The second-order valence-corrected chi connectivity index (χ2v) is 7.03. The van der Waals surface area contributed by atoms with Gasteiger partial charge >= 0.3 is 0 Å². The molecule has 8 nitrogen and oxygen atoms in total. The molecule has 4 heterocycles. The van der Waals surface area contributed by atoms with Gasteiger partial charge in [-0.1, -0.05) is 12.1 Å². The smallest absolute Gasteiger partial charge is 0.263 e. The van der Waals surface area contributed by atoms with Crippen molar-refractivity contribution in [3.05, 3.63) is 45.1 Å². The first-order valence-electron chi connectivity index (χ1n) is 9.00. The summed E-state index contributed by atoms with van der Waals surface area (Å²) in [6.45, 7) is 5.49. The minimum Gasteiger partial charge on any atom is -0.370 e. The fourth-order valence-corrected chi connectivity index (χ4v) is 4.13. The van der Waals surface area contributed by atoms with Gasteiger partial charge < -0.3 is 14.2 Å². The molecule has 26 heavy (non-hydrogen) atoms. The lowest BCUT2D eigenvalue weighted by molar-refractivity contribution is -0.0605. The van der Waals surface area contributed by atoms with E-state index in [0.717, 1.165) is 29.8 Å². The Bertz CT molecular complexity index is 916. The highest BCUT2D eigenvalue weighted by Gasteiger charge is 2.38. The van der Waals surface area contributed by atoms with Crippen LogP contribution in [0.2, 0.25) is 0 Å². The zero-order valence-electron chi connectivity index (χ0n) is 15.3. The zero-order chi connectivity index (χ0) is 18.4. The van der Waals surface area contributed by atoms with Gasteiger partial charge in [0.1, 0.15) is 5.56 Å². The van der Waals surface area contributed by atoms with Crippen LogP contribution in [0.1, 0.15) is 46.7 Å². The van der Waals surface area contributed by atoms with E-state index in [0.29, 0.717) is 19.7 Å². The summed E-state index contributed by atoms with van der Waals surface area (Å²) in [5, 5.41) is 8.11. The Morgan fingerprint density at radius 2 is 2.23 bits per heavy atom. The van der Waals surface area contributed by atoms with E-state index in [1.54, 1.807) is 28.8 Å². The fraction of sp³-hybridized carbons (Fsp3) is 0.556. The Kier molecular flexibility index (Phi) is 4.14. The third kappa shape index (κ3) is 2.56. The third-order valence-corrected chi connectivity index (χ3v) is 5.54. The Hall–Kier alpha value is -2.48. The van der Waals surface area contributed by atoms with Gasteiger partial charge in [0.2, 0.25) is 0 Å². The van der Waals surface area contributed by atoms with E-state index in [4.69, 9.17) is 4.74 Å². The van der Waals surface area contributed by atoms with Crippen LogP contribution in [0, 0.1) is 6.92 Å². The highest BCUT2D eigenvalue weighted by atomic mass is 16.5. The van der Waals surface area contributed by atoms with Crippen molar-refractivity contribution in [1.29, 1.82) is 0 Å². The minimum atomic E-state index is -0.235. The van der Waals surface area contributed by atoms with E-state index in [1.165, 1.54) is 0 Å². The molecule has 8 heteroatoms. The van der Waals surface area contributed by atoms with E-state index in [9.17, 15) is 9.59 Å². The monoisotopic (exact) mass is 357 g/mol. The van der Waals surface area contributed by atoms with Crippen LogP contribution in [0.5, 0.6) is 0 Å².